The van der Waals surface area contributed by atoms with E-state index in [9.17, 15) is 23.9 Å². The molecule has 200 valence electrons. The fraction of sp³-hybridized carbons (Fsp3) is 0.333. The maximum atomic E-state index is 13.3. The minimum absolute atomic E-state index is 0.0652. The molecule has 0 unspecified atom stereocenters. The summed E-state index contributed by atoms with van der Waals surface area (Å²) in [7, 11) is 0. The number of aliphatic hydroxyl groups is 1. The number of piperidine rings is 1. The van der Waals surface area contributed by atoms with Crippen LogP contribution in [0.15, 0.2) is 59.9 Å². The molecule has 2 N–H and O–H groups in total. The molecule has 11 nitrogen and oxygen atoms in total. The van der Waals surface area contributed by atoms with Crippen molar-refractivity contribution in [2.45, 2.75) is 37.8 Å². The first-order valence-corrected chi connectivity index (χ1v) is 12.8. The number of rotatable bonds is 6. The summed E-state index contributed by atoms with van der Waals surface area (Å²) >= 11 is 0. The molecule has 1 aromatic carbocycles. The van der Waals surface area contributed by atoms with E-state index in [1.54, 1.807) is 24.3 Å². The van der Waals surface area contributed by atoms with E-state index in [0.29, 0.717) is 43.0 Å². The van der Waals surface area contributed by atoms with Crippen molar-refractivity contribution in [1.29, 1.82) is 0 Å². The Labute approximate surface area is 221 Å². The van der Waals surface area contributed by atoms with E-state index in [4.69, 9.17) is 0 Å². The average Bonchev–Trinajstić information content (AvgIpc) is 3.69. The summed E-state index contributed by atoms with van der Waals surface area (Å²) < 4.78 is 16.0. The highest BCUT2D eigenvalue weighted by Crippen LogP contribution is 2.33. The van der Waals surface area contributed by atoms with Crippen LogP contribution in [0.3, 0.4) is 0 Å². The van der Waals surface area contributed by atoms with Crippen molar-refractivity contribution < 1.29 is 19.1 Å². The van der Waals surface area contributed by atoms with Gasteiger partial charge in [0, 0.05) is 24.7 Å². The Kier molecular flexibility index (Phi) is 6.18. The number of halogens is 1. The predicted octanol–water partition coefficient (Wildman–Crippen LogP) is 2.13. The molecular formula is C27H26FN7O4. The van der Waals surface area contributed by atoms with Gasteiger partial charge in [0.15, 0.2) is 5.65 Å². The first-order valence-electron chi connectivity index (χ1n) is 12.8. The van der Waals surface area contributed by atoms with E-state index in [1.165, 1.54) is 27.8 Å². The zero-order chi connectivity index (χ0) is 27.1. The summed E-state index contributed by atoms with van der Waals surface area (Å²) in [6.45, 7) is 1.01. The van der Waals surface area contributed by atoms with E-state index >= 15 is 0 Å². The third-order valence-electron chi connectivity index (χ3n) is 7.26. The lowest BCUT2D eigenvalue weighted by Gasteiger charge is -2.38. The van der Waals surface area contributed by atoms with Gasteiger partial charge >= 0.3 is 0 Å². The fourth-order valence-corrected chi connectivity index (χ4v) is 4.88. The number of carbonyl (C=O) groups excluding carboxylic acids is 2. The highest BCUT2D eigenvalue weighted by Gasteiger charge is 2.39. The van der Waals surface area contributed by atoms with Gasteiger partial charge in [-0.3, -0.25) is 19.0 Å². The number of likely N-dealkylation sites (tertiary alicyclic amines) is 1. The normalized spacial score (nSPS) is 16.8. The van der Waals surface area contributed by atoms with Gasteiger partial charge in [0.1, 0.15) is 23.2 Å². The van der Waals surface area contributed by atoms with Crippen molar-refractivity contribution in [1.82, 2.24) is 29.2 Å². The highest BCUT2D eigenvalue weighted by atomic mass is 19.1. The lowest BCUT2D eigenvalue weighted by molar-refractivity contribution is -0.137. The zero-order valence-electron chi connectivity index (χ0n) is 21.0. The second-order valence-corrected chi connectivity index (χ2v) is 10.2. The number of fused-ring (bicyclic) bond motifs is 1. The molecule has 3 aromatic heterocycles. The average molecular weight is 532 g/mol. The number of anilines is 1. The van der Waals surface area contributed by atoms with E-state index in [0.717, 1.165) is 25.1 Å². The van der Waals surface area contributed by atoms with Crippen molar-refractivity contribution >= 4 is 28.5 Å². The van der Waals surface area contributed by atoms with Crippen molar-refractivity contribution in [2.24, 2.45) is 5.92 Å². The fourth-order valence-electron chi connectivity index (χ4n) is 4.88. The molecule has 2 fully saturated rings. The molecule has 0 spiro atoms. The molecule has 4 aromatic rings. The van der Waals surface area contributed by atoms with Crippen LogP contribution in [0.2, 0.25) is 0 Å². The van der Waals surface area contributed by atoms with E-state index in [-0.39, 0.29) is 35.0 Å². The molecule has 1 aliphatic carbocycles. The van der Waals surface area contributed by atoms with Crippen LogP contribution in [0.1, 0.15) is 36.2 Å². The SMILES string of the molecule is O=C(Nc1cccc(-n2ncc3c(=O)n(CC4(O)CCN(C(=O)C5CC5)CC4)cnc32)c1)c1ccc(F)cn1. The molecule has 1 saturated heterocycles. The standard InChI is InChI=1S/C27H26FN7O4/c28-18-6-7-22(29-13-18)24(36)32-19-2-1-3-20(12-19)35-23-21(14-31-35)26(38)34(16-30-23)15-27(39)8-10-33(11-9-27)25(37)17-4-5-17/h1-3,6-7,12-14,16-17,39H,4-5,8-11,15H2,(H,32,36). The Hall–Kier alpha value is -4.45. The summed E-state index contributed by atoms with van der Waals surface area (Å²) in [5, 5.41) is 18.5. The van der Waals surface area contributed by atoms with Crippen LogP contribution in [0.25, 0.3) is 16.7 Å². The van der Waals surface area contributed by atoms with Gasteiger partial charge in [-0.15, -0.1) is 0 Å². The van der Waals surface area contributed by atoms with Crippen LogP contribution in [0.4, 0.5) is 10.1 Å². The van der Waals surface area contributed by atoms with Crippen LogP contribution in [0, 0.1) is 11.7 Å². The van der Waals surface area contributed by atoms with Crippen LogP contribution in [0.5, 0.6) is 0 Å². The minimum Gasteiger partial charge on any atom is -0.388 e. The summed E-state index contributed by atoms with van der Waals surface area (Å²) in [5.41, 5.74) is -0.0307. The van der Waals surface area contributed by atoms with Gasteiger partial charge in [-0.25, -0.2) is 19.0 Å². The molecule has 0 radical (unpaired) electrons. The van der Waals surface area contributed by atoms with Gasteiger partial charge in [0.25, 0.3) is 11.5 Å². The first-order chi connectivity index (χ1) is 18.8. The highest BCUT2D eigenvalue weighted by molar-refractivity contribution is 6.03. The summed E-state index contributed by atoms with van der Waals surface area (Å²) in [4.78, 5) is 48.1. The largest absolute Gasteiger partial charge is 0.388 e. The molecule has 2 amide bonds. The lowest BCUT2D eigenvalue weighted by atomic mass is 9.91. The zero-order valence-corrected chi connectivity index (χ0v) is 21.0. The number of carbonyl (C=O) groups is 2. The molecule has 2 aliphatic rings. The van der Waals surface area contributed by atoms with Crippen LogP contribution >= 0.6 is 0 Å². The van der Waals surface area contributed by atoms with Gasteiger partial charge in [0.2, 0.25) is 5.91 Å². The Morgan fingerprint density at radius 3 is 2.62 bits per heavy atom. The molecule has 1 aliphatic heterocycles. The van der Waals surface area contributed by atoms with Gasteiger partial charge in [0.05, 0.1) is 30.2 Å². The number of hydrogen-bond donors (Lipinski definition) is 2. The second kappa shape index (κ2) is 9.70. The van der Waals surface area contributed by atoms with E-state index < -0.39 is 17.3 Å². The van der Waals surface area contributed by atoms with E-state index in [2.05, 4.69) is 20.4 Å². The van der Waals surface area contributed by atoms with Crippen molar-refractivity contribution in [2.75, 3.05) is 18.4 Å². The lowest BCUT2D eigenvalue weighted by Crippen LogP contribution is -2.50. The quantitative estimate of drug-likeness (QED) is 0.389. The van der Waals surface area contributed by atoms with Crippen molar-refractivity contribution in [3.8, 4) is 5.69 Å². The molecule has 0 atom stereocenters. The predicted molar refractivity (Wildman–Crippen MR) is 139 cm³/mol. The Bertz CT molecular complexity index is 1620. The number of hydrogen-bond acceptors (Lipinski definition) is 7. The topological polar surface area (TPSA) is 135 Å². The number of amides is 2. The molecule has 4 heterocycles. The Morgan fingerprint density at radius 2 is 1.90 bits per heavy atom. The van der Waals surface area contributed by atoms with Gasteiger partial charge in [-0.2, -0.15) is 5.10 Å². The Balaban J connectivity index is 1.19. The summed E-state index contributed by atoms with van der Waals surface area (Å²) in [6, 6.07) is 9.27. The van der Waals surface area contributed by atoms with Gasteiger partial charge < -0.3 is 15.3 Å². The summed E-state index contributed by atoms with van der Waals surface area (Å²) in [6.07, 6.45) is 6.46. The molecule has 6 rings (SSSR count). The van der Waals surface area contributed by atoms with Crippen molar-refractivity contribution in [3.05, 3.63) is 77.0 Å². The summed E-state index contributed by atoms with van der Waals surface area (Å²) in [5.74, 6) is -0.726. The molecule has 39 heavy (non-hydrogen) atoms. The van der Waals surface area contributed by atoms with Crippen LogP contribution in [-0.2, 0) is 11.3 Å². The molecule has 12 heteroatoms. The van der Waals surface area contributed by atoms with Crippen LogP contribution in [-0.4, -0.2) is 64.8 Å². The number of benzene rings is 1. The van der Waals surface area contributed by atoms with Crippen LogP contribution < -0.4 is 10.9 Å². The first kappa shape index (κ1) is 24.9. The number of nitrogens with one attached hydrogen (secondary N) is 1. The smallest absolute Gasteiger partial charge is 0.274 e. The molecule has 0 bridgehead atoms. The molecule has 1 saturated carbocycles. The van der Waals surface area contributed by atoms with Crippen molar-refractivity contribution in [3.63, 3.8) is 0 Å². The number of pyridine rings is 1. The third kappa shape index (κ3) is 5.02. The van der Waals surface area contributed by atoms with E-state index in [1.807, 2.05) is 4.90 Å². The Morgan fingerprint density at radius 1 is 1.10 bits per heavy atom. The molecular weight excluding hydrogens is 505 g/mol. The second-order valence-electron chi connectivity index (χ2n) is 10.2. The number of aromatic nitrogens is 5. The van der Waals surface area contributed by atoms with Gasteiger partial charge in [-0.05, 0) is 56.0 Å². The maximum absolute atomic E-state index is 13.3. The van der Waals surface area contributed by atoms with Gasteiger partial charge in [-0.1, -0.05) is 6.07 Å². The minimum atomic E-state index is -1.11. The third-order valence-corrected chi connectivity index (χ3v) is 7.26. The monoisotopic (exact) mass is 531 g/mol. The maximum Gasteiger partial charge on any atom is 0.274 e. The number of nitrogens with zero attached hydrogens (tertiary/aromatic N) is 6.